The molecule has 1 aliphatic carbocycles. The number of amides is 1. The van der Waals surface area contributed by atoms with Crippen LogP contribution >= 0.6 is 11.3 Å². The SMILES string of the molecule is CC(C)CN(C(=O)Cc1ccc(S(=O)(=O)N2CCCCC2)s1)C1CC1. The van der Waals surface area contributed by atoms with Gasteiger partial charge in [0.2, 0.25) is 5.91 Å². The van der Waals surface area contributed by atoms with Crippen molar-refractivity contribution in [1.82, 2.24) is 9.21 Å². The molecule has 0 radical (unpaired) electrons. The summed E-state index contributed by atoms with van der Waals surface area (Å²) >= 11 is 1.25. The smallest absolute Gasteiger partial charge is 0.252 e. The van der Waals surface area contributed by atoms with Crippen molar-refractivity contribution in [3.05, 3.63) is 17.0 Å². The molecule has 0 aromatic carbocycles. The van der Waals surface area contributed by atoms with E-state index in [1.165, 1.54) is 11.3 Å². The molecule has 2 fully saturated rings. The van der Waals surface area contributed by atoms with E-state index in [1.807, 2.05) is 4.90 Å². The van der Waals surface area contributed by atoms with Gasteiger partial charge in [0.15, 0.2) is 0 Å². The van der Waals surface area contributed by atoms with Crippen molar-refractivity contribution in [3.8, 4) is 0 Å². The third-order valence-electron chi connectivity index (χ3n) is 4.74. The number of hydrogen-bond donors (Lipinski definition) is 0. The standard InChI is InChI=1S/C18H28N2O3S2/c1-14(2)13-20(15-6-7-15)17(21)12-16-8-9-18(24-16)25(22,23)19-10-4-3-5-11-19/h8-9,14-15H,3-7,10-13H2,1-2H3. The summed E-state index contributed by atoms with van der Waals surface area (Å²) in [6, 6.07) is 3.87. The van der Waals surface area contributed by atoms with Crippen LogP contribution in [0.25, 0.3) is 0 Å². The van der Waals surface area contributed by atoms with Crippen molar-refractivity contribution in [3.63, 3.8) is 0 Å². The van der Waals surface area contributed by atoms with Crippen LogP contribution in [0.3, 0.4) is 0 Å². The number of carbonyl (C=O) groups is 1. The second-order valence-electron chi connectivity index (χ2n) is 7.53. The molecule has 1 aliphatic heterocycles. The molecule has 1 aromatic rings. The number of rotatable bonds is 7. The van der Waals surface area contributed by atoms with E-state index in [4.69, 9.17) is 0 Å². The Morgan fingerprint density at radius 1 is 1.24 bits per heavy atom. The van der Waals surface area contributed by atoms with Crippen LogP contribution in [0.1, 0.15) is 50.8 Å². The molecule has 0 unspecified atom stereocenters. The van der Waals surface area contributed by atoms with Gasteiger partial charge in [-0.1, -0.05) is 20.3 Å². The van der Waals surface area contributed by atoms with Crippen LogP contribution in [0, 0.1) is 5.92 Å². The zero-order chi connectivity index (χ0) is 18.0. The molecule has 5 nitrogen and oxygen atoms in total. The van der Waals surface area contributed by atoms with Gasteiger partial charge in [0.25, 0.3) is 10.0 Å². The van der Waals surface area contributed by atoms with Gasteiger partial charge in [0.1, 0.15) is 4.21 Å². The first kappa shape index (κ1) is 18.9. The lowest BCUT2D eigenvalue weighted by molar-refractivity contribution is -0.131. The third-order valence-corrected chi connectivity index (χ3v) is 8.19. The number of thiophene rings is 1. The number of hydrogen-bond acceptors (Lipinski definition) is 4. The zero-order valence-electron chi connectivity index (χ0n) is 15.1. The van der Waals surface area contributed by atoms with Crippen LogP contribution in [-0.2, 0) is 21.2 Å². The third kappa shape index (κ3) is 4.63. The number of nitrogens with zero attached hydrogens (tertiary/aromatic N) is 2. The first-order valence-corrected chi connectivity index (χ1v) is 11.5. The monoisotopic (exact) mass is 384 g/mol. The molecule has 1 amide bonds. The Balaban J connectivity index is 1.67. The largest absolute Gasteiger partial charge is 0.339 e. The molecule has 0 atom stereocenters. The van der Waals surface area contributed by atoms with E-state index in [-0.39, 0.29) is 5.91 Å². The lowest BCUT2D eigenvalue weighted by atomic mass is 10.2. The van der Waals surface area contributed by atoms with E-state index < -0.39 is 10.0 Å². The van der Waals surface area contributed by atoms with Gasteiger partial charge in [-0.3, -0.25) is 4.79 Å². The van der Waals surface area contributed by atoms with E-state index in [0.717, 1.165) is 43.5 Å². The maximum absolute atomic E-state index is 12.7. The number of piperidine rings is 1. The first-order chi connectivity index (χ1) is 11.9. The van der Waals surface area contributed by atoms with Gasteiger partial charge in [-0.05, 0) is 43.7 Å². The fraction of sp³-hybridized carbons (Fsp3) is 0.722. The van der Waals surface area contributed by atoms with E-state index in [0.29, 0.717) is 35.7 Å². The van der Waals surface area contributed by atoms with E-state index in [1.54, 1.807) is 16.4 Å². The summed E-state index contributed by atoms with van der Waals surface area (Å²) in [6.45, 7) is 6.25. The predicted molar refractivity (Wildman–Crippen MR) is 100 cm³/mol. The second kappa shape index (κ2) is 7.76. The van der Waals surface area contributed by atoms with Gasteiger partial charge >= 0.3 is 0 Å². The molecular formula is C18H28N2O3S2. The van der Waals surface area contributed by atoms with Gasteiger partial charge in [0.05, 0.1) is 6.42 Å². The molecular weight excluding hydrogens is 356 g/mol. The van der Waals surface area contributed by atoms with Crippen molar-refractivity contribution in [2.45, 2.75) is 62.6 Å². The van der Waals surface area contributed by atoms with Gasteiger partial charge in [-0.15, -0.1) is 11.3 Å². The van der Waals surface area contributed by atoms with Gasteiger partial charge in [-0.25, -0.2) is 8.42 Å². The van der Waals surface area contributed by atoms with Crippen molar-refractivity contribution >= 4 is 27.3 Å². The summed E-state index contributed by atoms with van der Waals surface area (Å²) in [5, 5.41) is 0. The number of sulfonamides is 1. The quantitative estimate of drug-likeness (QED) is 0.726. The maximum atomic E-state index is 12.7. The molecule has 2 aliphatic rings. The maximum Gasteiger partial charge on any atom is 0.252 e. The summed E-state index contributed by atoms with van der Waals surface area (Å²) in [5.74, 6) is 0.572. The molecule has 0 bridgehead atoms. The average Bonchev–Trinajstić information content (AvgIpc) is 3.31. The Morgan fingerprint density at radius 3 is 2.52 bits per heavy atom. The lowest BCUT2D eigenvalue weighted by Gasteiger charge is -2.25. The highest BCUT2D eigenvalue weighted by Crippen LogP contribution is 2.30. The minimum atomic E-state index is -3.39. The molecule has 1 aromatic heterocycles. The lowest BCUT2D eigenvalue weighted by Crippen LogP contribution is -2.37. The van der Waals surface area contributed by atoms with Crippen LogP contribution in [0.4, 0.5) is 0 Å². The van der Waals surface area contributed by atoms with Crippen molar-refractivity contribution in [2.75, 3.05) is 19.6 Å². The number of carbonyl (C=O) groups excluding carboxylic acids is 1. The molecule has 1 saturated carbocycles. The molecule has 140 valence electrons. The van der Waals surface area contributed by atoms with E-state index in [9.17, 15) is 13.2 Å². The Hall–Kier alpha value is -0.920. The van der Waals surface area contributed by atoms with Crippen LogP contribution in [0.5, 0.6) is 0 Å². The van der Waals surface area contributed by atoms with E-state index in [2.05, 4.69) is 13.8 Å². The molecule has 2 heterocycles. The minimum Gasteiger partial charge on any atom is -0.339 e. The summed E-state index contributed by atoms with van der Waals surface area (Å²) in [6.07, 6.45) is 5.46. The molecule has 0 N–H and O–H groups in total. The molecule has 7 heteroatoms. The Bertz CT molecular complexity index is 702. The van der Waals surface area contributed by atoms with Crippen molar-refractivity contribution in [2.24, 2.45) is 5.92 Å². The van der Waals surface area contributed by atoms with Gasteiger partial charge < -0.3 is 4.90 Å². The van der Waals surface area contributed by atoms with E-state index >= 15 is 0 Å². The topological polar surface area (TPSA) is 57.7 Å². The zero-order valence-corrected chi connectivity index (χ0v) is 16.7. The van der Waals surface area contributed by atoms with Gasteiger partial charge in [0, 0.05) is 30.6 Å². The van der Waals surface area contributed by atoms with Gasteiger partial charge in [-0.2, -0.15) is 4.31 Å². The Kier molecular flexibility index (Phi) is 5.85. The fourth-order valence-corrected chi connectivity index (χ4v) is 6.33. The summed E-state index contributed by atoms with van der Waals surface area (Å²) < 4.78 is 27.4. The minimum absolute atomic E-state index is 0.125. The fourth-order valence-electron chi connectivity index (χ4n) is 3.31. The van der Waals surface area contributed by atoms with Crippen LogP contribution in [-0.4, -0.2) is 49.2 Å². The highest BCUT2D eigenvalue weighted by molar-refractivity contribution is 7.91. The second-order valence-corrected chi connectivity index (χ2v) is 10.9. The molecule has 25 heavy (non-hydrogen) atoms. The summed E-state index contributed by atoms with van der Waals surface area (Å²) in [5.41, 5.74) is 0. The van der Waals surface area contributed by atoms with Crippen LogP contribution in [0.2, 0.25) is 0 Å². The summed E-state index contributed by atoms with van der Waals surface area (Å²) in [4.78, 5) is 15.5. The Morgan fingerprint density at radius 2 is 1.92 bits per heavy atom. The van der Waals surface area contributed by atoms with Crippen LogP contribution in [0.15, 0.2) is 16.3 Å². The highest BCUT2D eigenvalue weighted by Gasteiger charge is 2.33. The Labute approximate surface area is 155 Å². The normalized spacial score (nSPS) is 19.3. The highest BCUT2D eigenvalue weighted by atomic mass is 32.2. The molecule has 3 rings (SSSR count). The predicted octanol–water partition coefficient (Wildman–Crippen LogP) is 3.11. The van der Waals surface area contributed by atoms with Crippen molar-refractivity contribution < 1.29 is 13.2 Å². The van der Waals surface area contributed by atoms with Crippen molar-refractivity contribution in [1.29, 1.82) is 0 Å². The first-order valence-electron chi connectivity index (χ1n) is 9.26. The molecule has 0 spiro atoms. The van der Waals surface area contributed by atoms with Crippen LogP contribution < -0.4 is 0 Å². The summed E-state index contributed by atoms with van der Waals surface area (Å²) in [7, 11) is -3.39. The average molecular weight is 385 g/mol. The molecule has 1 saturated heterocycles.